The number of nitrogens with zero attached hydrogens (tertiary/aromatic N) is 1. The zero-order valence-electron chi connectivity index (χ0n) is 13.3. The van der Waals surface area contributed by atoms with Crippen LogP contribution in [0.25, 0.3) is 0 Å². The second-order valence-electron chi connectivity index (χ2n) is 5.14. The van der Waals surface area contributed by atoms with Crippen LogP contribution in [-0.2, 0) is 9.59 Å². The average molecular weight is 313 g/mol. The summed E-state index contributed by atoms with van der Waals surface area (Å²) in [6.07, 6.45) is 1.57. The number of aromatic nitrogens is 1. The Morgan fingerprint density at radius 2 is 1.83 bits per heavy atom. The highest BCUT2D eigenvalue weighted by molar-refractivity contribution is 6.39. The molecule has 2 rings (SSSR count). The Hall–Kier alpha value is -2.89. The van der Waals surface area contributed by atoms with Gasteiger partial charge in [-0.2, -0.15) is 0 Å². The van der Waals surface area contributed by atoms with Crippen LogP contribution >= 0.6 is 0 Å². The molecule has 0 bridgehead atoms. The predicted molar refractivity (Wildman–Crippen MR) is 87.2 cm³/mol. The van der Waals surface area contributed by atoms with Gasteiger partial charge in [0.1, 0.15) is 11.6 Å². The van der Waals surface area contributed by atoms with Crippen molar-refractivity contribution in [3.63, 3.8) is 0 Å². The smallest absolute Gasteiger partial charge is 0.314 e. The fourth-order valence-electron chi connectivity index (χ4n) is 2.02. The summed E-state index contributed by atoms with van der Waals surface area (Å²) >= 11 is 0. The first-order valence-electron chi connectivity index (χ1n) is 7.18. The summed E-state index contributed by atoms with van der Waals surface area (Å²) in [7, 11) is 1.59. The topological polar surface area (TPSA) is 80.3 Å². The van der Waals surface area contributed by atoms with E-state index in [1.807, 2.05) is 25.1 Å². The van der Waals surface area contributed by atoms with Gasteiger partial charge in [-0.1, -0.05) is 12.1 Å². The molecular weight excluding hydrogens is 294 g/mol. The molecule has 23 heavy (non-hydrogen) atoms. The summed E-state index contributed by atoms with van der Waals surface area (Å²) in [6, 6.07) is 10.5. The SMILES string of the molecule is COc1ccc(C(C)NC(=O)C(=O)Nc2cc(C)ccn2)cc1. The van der Waals surface area contributed by atoms with Gasteiger partial charge in [0.2, 0.25) is 0 Å². The van der Waals surface area contributed by atoms with Gasteiger partial charge < -0.3 is 15.4 Å². The lowest BCUT2D eigenvalue weighted by atomic mass is 10.1. The number of rotatable bonds is 4. The molecule has 2 amide bonds. The fourth-order valence-corrected chi connectivity index (χ4v) is 2.02. The lowest BCUT2D eigenvalue weighted by molar-refractivity contribution is -0.136. The molecule has 0 spiro atoms. The average Bonchev–Trinajstić information content (AvgIpc) is 2.54. The van der Waals surface area contributed by atoms with E-state index in [0.717, 1.165) is 16.9 Å². The van der Waals surface area contributed by atoms with Crippen LogP contribution < -0.4 is 15.4 Å². The quantitative estimate of drug-likeness (QED) is 0.848. The minimum absolute atomic E-state index is 0.301. The number of hydrogen-bond acceptors (Lipinski definition) is 4. The van der Waals surface area contributed by atoms with Crippen molar-refractivity contribution in [2.24, 2.45) is 0 Å². The number of nitrogens with one attached hydrogen (secondary N) is 2. The van der Waals surface area contributed by atoms with Crippen LogP contribution in [-0.4, -0.2) is 23.9 Å². The maximum absolute atomic E-state index is 12.0. The molecule has 0 saturated carbocycles. The predicted octanol–water partition coefficient (Wildman–Crippen LogP) is 2.21. The van der Waals surface area contributed by atoms with Crippen LogP contribution in [0.15, 0.2) is 42.6 Å². The highest BCUT2D eigenvalue weighted by atomic mass is 16.5. The molecule has 6 heteroatoms. The van der Waals surface area contributed by atoms with Crippen molar-refractivity contribution >= 4 is 17.6 Å². The molecule has 2 aromatic rings. The molecule has 0 fully saturated rings. The molecule has 0 aliphatic rings. The van der Waals surface area contributed by atoms with Gasteiger partial charge in [0.05, 0.1) is 13.2 Å². The molecule has 6 nitrogen and oxygen atoms in total. The summed E-state index contributed by atoms with van der Waals surface area (Å²) in [5.41, 5.74) is 1.82. The molecule has 0 saturated heterocycles. The van der Waals surface area contributed by atoms with Crippen LogP contribution in [0.2, 0.25) is 0 Å². The van der Waals surface area contributed by atoms with Crippen LogP contribution in [0.5, 0.6) is 5.75 Å². The fraction of sp³-hybridized carbons (Fsp3) is 0.235. The summed E-state index contributed by atoms with van der Waals surface area (Å²) in [5, 5.41) is 5.12. The van der Waals surface area contributed by atoms with Crippen LogP contribution in [0.1, 0.15) is 24.1 Å². The van der Waals surface area contributed by atoms with E-state index >= 15 is 0 Å². The first-order chi connectivity index (χ1) is 11.0. The first kappa shape index (κ1) is 16.5. The second-order valence-corrected chi connectivity index (χ2v) is 5.14. The zero-order chi connectivity index (χ0) is 16.8. The number of amides is 2. The number of carbonyl (C=O) groups is 2. The number of methoxy groups -OCH3 is 1. The Balaban J connectivity index is 1.95. The standard InChI is InChI=1S/C17H19N3O3/c1-11-8-9-18-15(10-11)20-17(22)16(21)19-12(2)13-4-6-14(23-3)7-5-13/h4-10,12H,1-3H3,(H,19,21)(H,18,20,22). The molecule has 2 N–H and O–H groups in total. The molecule has 1 unspecified atom stereocenters. The summed E-state index contributed by atoms with van der Waals surface area (Å²) in [5.74, 6) is -0.377. The third-order valence-electron chi connectivity index (χ3n) is 3.33. The summed E-state index contributed by atoms with van der Waals surface area (Å²) < 4.78 is 5.09. The number of anilines is 1. The van der Waals surface area contributed by atoms with Crippen molar-refractivity contribution in [2.45, 2.75) is 19.9 Å². The minimum atomic E-state index is -0.747. The minimum Gasteiger partial charge on any atom is -0.497 e. The van der Waals surface area contributed by atoms with Gasteiger partial charge >= 0.3 is 11.8 Å². The Kier molecular flexibility index (Phi) is 5.30. The highest BCUT2D eigenvalue weighted by Gasteiger charge is 2.17. The third-order valence-corrected chi connectivity index (χ3v) is 3.33. The van der Waals surface area contributed by atoms with Crippen molar-refractivity contribution < 1.29 is 14.3 Å². The second kappa shape index (κ2) is 7.40. The summed E-state index contributed by atoms with van der Waals surface area (Å²) in [6.45, 7) is 3.68. The van der Waals surface area contributed by atoms with Crippen LogP contribution in [0.3, 0.4) is 0 Å². The van der Waals surface area contributed by atoms with Gasteiger partial charge in [-0.05, 0) is 49.2 Å². The van der Waals surface area contributed by atoms with Gasteiger partial charge in [-0.3, -0.25) is 9.59 Å². The van der Waals surface area contributed by atoms with Crippen LogP contribution in [0, 0.1) is 6.92 Å². The normalized spacial score (nSPS) is 11.4. The molecular formula is C17H19N3O3. The molecule has 120 valence electrons. The van der Waals surface area contributed by atoms with E-state index in [9.17, 15) is 9.59 Å². The van der Waals surface area contributed by atoms with E-state index in [4.69, 9.17) is 4.74 Å². The molecule has 0 aliphatic heterocycles. The van der Waals surface area contributed by atoms with Gasteiger partial charge in [-0.15, -0.1) is 0 Å². The molecule has 0 aliphatic carbocycles. The van der Waals surface area contributed by atoms with Crippen molar-refractivity contribution in [1.29, 1.82) is 0 Å². The van der Waals surface area contributed by atoms with Gasteiger partial charge in [0, 0.05) is 6.20 Å². The van der Waals surface area contributed by atoms with E-state index < -0.39 is 11.8 Å². The largest absolute Gasteiger partial charge is 0.497 e. The lowest BCUT2D eigenvalue weighted by Crippen LogP contribution is -2.37. The third kappa shape index (κ3) is 4.54. The highest BCUT2D eigenvalue weighted by Crippen LogP contribution is 2.17. The van der Waals surface area contributed by atoms with Crippen LogP contribution in [0.4, 0.5) is 5.82 Å². The summed E-state index contributed by atoms with van der Waals surface area (Å²) in [4.78, 5) is 27.9. The Bertz CT molecular complexity index is 698. The maximum Gasteiger partial charge on any atom is 0.314 e. The zero-order valence-corrected chi connectivity index (χ0v) is 13.3. The van der Waals surface area contributed by atoms with Crippen molar-refractivity contribution in [2.75, 3.05) is 12.4 Å². The Morgan fingerprint density at radius 3 is 2.43 bits per heavy atom. The molecule has 1 heterocycles. The van der Waals surface area contributed by atoms with Gasteiger partial charge in [-0.25, -0.2) is 4.98 Å². The van der Waals surface area contributed by atoms with Crippen molar-refractivity contribution in [3.8, 4) is 5.75 Å². The number of aryl methyl sites for hydroxylation is 1. The Labute approximate surface area is 134 Å². The van der Waals surface area contributed by atoms with E-state index in [0.29, 0.717) is 5.82 Å². The molecule has 1 atom stereocenters. The Morgan fingerprint density at radius 1 is 1.13 bits per heavy atom. The van der Waals surface area contributed by atoms with E-state index in [1.54, 1.807) is 38.4 Å². The van der Waals surface area contributed by atoms with Crippen molar-refractivity contribution in [3.05, 3.63) is 53.7 Å². The van der Waals surface area contributed by atoms with E-state index in [-0.39, 0.29) is 6.04 Å². The molecule has 0 radical (unpaired) electrons. The van der Waals surface area contributed by atoms with E-state index in [2.05, 4.69) is 15.6 Å². The van der Waals surface area contributed by atoms with Crippen molar-refractivity contribution in [1.82, 2.24) is 10.3 Å². The number of benzene rings is 1. The maximum atomic E-state index is 12.0. The number of hydrogen-bond donors (Lipinski definition) is 2. The lowest BCUT2D eigenvalue weighted by Gasteiger charge is -2.14. The first-order valence-corrected chi connectivity index (χ1v) is 7.18. The molecule has 1 aromatic carbocycles. The van der Waals surface area contributed by atoms with Gasteiger partial charge in [0.15, 0.2) is 0 Å². The van der Waals surface area contributed by atoms with E-state index in [1.165, 1.54) is 0 Å². The van der Waals surface area contributed by atoms with Gasteiger partial charge in [0.25, 0.3) is 0 Å². The number of ether oxygens (including phenoxy) is 1. The number of carbonyl (C=O) groups excluding carboxylic acids is 2. The molecule has 1 aromatic heterocycles. The number of pyridine rings is 1. The monoisotopic (exact) mass is 313 g/mol.